The number of nitrogens with zero attached hydrogens (tertiary/aromatic N) is 4. The Morgan fingerprint density at radius 1 is 1.56 bits per heavy atom. The van der Waals surface area contributed by atoms with E-state index in [4.69, 9.17) is 10.9 Å². The van der Waals surface area contributed by atoms with Crippen LogP contribution in [0.25, 0.3) is 0 Å². The molecule has 0 spiro atoms. The fraction of sp³-hybridized carbons (Fsp3) is 0.182. The van der Waals surface area contributed by atoms with Gasteiger partial charge in [-0.3, -0.25) is 0 Å². The molecule has 7 heteroatoms. The molecule has 2 aromatic rings. The van der Waals surface area contributed by atoms with Crippen molar-refractivity contribution in [1.82, 2.24) is 9.97 Å². The average Bonchev–Trinajstić information content (AvgIpc) is 2.90. The van der Waals surface area contributed by atoms with E-state index in [1.165, 1.54) is 0 Å². The van der Waals surface area contributed by atoms with Gasteiger partial charge in [0, 0.05) is 24.2 Å². The van der Waals surface area contributed by atoms with Gasteiger partial charge in [0.2, 0.25) is 0 Å². The number of pyridine rings is 1. The molecule has 0 aliphatic rings. The van der Waals surface area contributed by atoms with Crippen LogP contribution in [0.15, 0.2) is 34.4 Å². The van der Waals surface area contributed by atoms with E-state index in [2.05, 4.69) is 15.1 Å². The van der Waals surface area contributed by atoms with Gasteiger partial charge in [0.25, 0.3) is 0 Å². The van der Waals surface area contributed by atoms with Crippen molar-refractivity contribution in [1.29, 1.82) is 0 Å². The predicted molar refractivity (Wildman–Crippen MR) is 71.0 cm³/mol. The van der Waals surface area contributed by atoms with Crippen molar-refractivity contribution >= 4 is 23.0 Å². The van der Waals surface area contributed by atoms with Crippen molar-refractivity contribution in [2.24, 2.45) is 10.9 Å². The minimum atomic E-state index is 0.0701. The molecule has 0 aliphatic carbocycles. The first-order valence-corrected chi connectivity index (χ1v) is 6.17. The van der Waals surface area contributed by atoms with Gasteiger partial charge in [-0.25, -0.2) is 9.97 Å². The molecule has 0 bridgehead atoms. The molecule has 2 rings (SSSR count). The molecule has 18 heavy (non-hydrogen) atoms. The zero-order chi connectivity index (χ0) is 13.0. The highest BCUT2D eigenvalue weighted by atomic mass is 32.1. The number of amidine groups is 1. The monoisotopic (exact) mass is 263 g/mol. The third kappa shape index (κ3) is 2.75. The van der Waals surface area contributed by atoms with Gasteiger partial charge in [0.1, 0.15) is 5.82 Å². The van der Waals surface area contributed by atoms with Crippen molar-refractivity contribution < 1.29 is 5.21 Å². The largest absolute Gasteiger partial charge is 0.409 e. The van der Waals surface area contributed by atoms with Crippen molar-refractivity contribution in [2.75, 3.05) is 11.9 Å². The summed E-state index contributed by atoms with van der Waals surface area (Å²) in [5.41, 5.74) is 8.95. The first kappa shape index (κ1) is 12.3. The molecule has 3 N–H and O–H groups in total. The summed E-state index contributed by atoms with van der Waals surface area (Å²) in [5.74, 6) is 0.813. The highest BCUT2D eigenvalue weighted by Crippen LogP contribution is 2.14. The van der Waals surface area contributed by atoms with Crippen LogP contribution in [-0.4, -0.2) is 28.1 Å². The predicted octanol–water partition coefficient (Wildman–Crippen LogP) is 1.27. The molecule has 94 valence electrons. The zero-order valence-corrected chi connectivity index (χ0v) is 10.6. The van der Waals surface area contributed by atoms with E-state index in [-0.39, 0.29) is 5.84 Å². The number of hydrogen-bond acceptors (Lipinski definition) is 6. The van der Waals surface area contributed by atoms with Gasteiger partial charge in [-0.1, -0.05) is 5.16 Å². The lowest BCUT2D eigenvalue weighted by atomic mass is 10.2. The van der Waals surface area contributed by atoms with Crippen LogP contribution < -0.4 is 10.6 Å². The molecule has 2 aromatic heterocycles. The molecule has 0 fully saturated rings. The summed E-state index contributed by atoms with van der Waals surface area (Å²) < 4.78 is 0. The van der Waals surface area contributed by atoms with Crippen LogP contribution in [0.1, 0.15) is 11.3 Å². The second kappa shape index (κ2) is 5.46. The van der Waals surface area contributed by atoms with Gasteiger partial charge >= 0.3 is 0 Å². The number of aromatic nitrogens is 2. The second-order valence-corrected chi connectivity index (χ2v) is 4.44. The molecule has 0 unspecified atom stereocenters. The van der Waals surface area contributed by atoms with E-state index in [1.54, 1.807) is 35.2 Å². The summed E-state index contributed by atoms with van der Waals surface area (Å²) in [6.45, 7) is 0.663. The highest BCUT2D eigenvalue weighted by Gasteiger charge is 2.07. The minimum absolute atomic E-state index is 0.0701. The van der Waals surface area contributed by atoms with Gasteiger partial charge in [0.15, 0.2) is 5.84 Å². The zero-order valence-electron chi connectivity index (χ0n) is 9.82. The quantitative estimate of drug-likeness (QED) is 0.375. The van der Waals surface area contributed by atoms with E-state index in [1.807, 2.05) is 17.3 Å². The molecule has 0 radical (unpaired) electrons. The summed E-state index contributed by atoms with van der Waals surface area (Å²) in [7, 11) is 1.91. The molecular weight excluding hydrogens is 250 g/mol. The van der Waals surface area contributed by atoms with E-state index >= 15 is 0 Å². The Hall–Kier alpha value is -2.15. The Kier molecular flexibility index (Phi) is 3.73. The molecule has 0 amide bonds. The van der Waals surface area contributed by atoms with Gasteiger partial charge in [-0.05, 0) is 12.1 Å². The topological polar surface area (TPSA) is 87.6 Å². The lowest BCUT2D eigenvalue weighted by molar-refractivity contribution is 0.318. The van der Waals surface area contributed by atoms with Gasteiger partial charge in [0.05, 0.1) is 17.7 Å². The normalized spacial score (nSPS) is 11.5. The van der Waals surface area contributed by atoms with Crippen LogP contribution in [0.5, 0.6) is 0 Å². The Morgan fingerprint density at radius 3 is 3.06 bits per heavy atom. The van der Waals surface area contributed by atoms with Gasteiger partial charge in [-0.15, -0.1) is 11.3 Å². The maximum absolute atomic E-state index is 8.65. The minimum Gasteiger partial charge on any atom is -0.409 e. The summed E-state index contributed by atoms with van der Waals surface area (Å²) in [6, 6.07) is 3.46. The van der Waals surface area contributed by atoms with Crippen LogP contribution in [0.4, 0.5) is 5.82 Å². The first-order valence-electron chi connectivity index (χ1n) is 5.23. The first-order chi connectivity index (χ1) is 8.70. The number of rotatable bonds is 4. The Labute approximate surface area is 108 Å². The van der Waals surface area contributed by atoms with E-state index in [9.17, 15) is 0 Å². The molecule has 0 saturated carbocycles. The number of oxime groups is 1. The number of anilines is 1. The lowest BCUT2D eigenvalue weighted by Gasteiger charge is -2.17. The van der Waals surface area contributed by atoms with E-state index in [0.717, 1.165) is 11.5 Å². The van der Waals surface area contributed by atoms with Crippen molar-refractivity contribution in [3.63, 3.8) is 0 Å². The Morgan fingerprint density at radius 2 is 2.39 bits per heavy atom. The lowest BCUT2D eigenvalue weighted by Crippen LogP contribution is -2.19. The number of nitrogens with two attached hydrogens (primary N) is 1. The SMILES string of the molecule is CN(Cc1cscn1)c1cc(C(N)=NO)ccn1. The molecule has 6 nitrogen and oxygen atoms in total. The van der Waals surface area contributed by atoms with Crippen molar-refractivity contribution in [3.05, 3.63) is 40.5 Å². The maximum Gasteiger partial charge on any atom is 0.170 e. The standard InChI is InChI=1S/C11H13N5OS/c1-16(5-9-6-18-7-14-9)10-4-8(2-3-13-10)11(12)15-17/h2-4,6-7,17H,5H2,1H3,(H2,12,15). The Balaban J connectivity index is 2.17. The highest BCUT2D eigenvalue weighted by molar-refractivity contribution is 7.07. The summed E-state index contributed by atoms with van der Waals surface area (Å²) >= 11 is 1.56. The van der Waals surface area contributed by atoms with Crippen molar-refractivity contribution in [3.8, 4) is 0 Å². The summed E-state index contributed by atoms with van der Waals surface area (Å²) in [6.07, 6.45) is 1.63. The van der Waals surface area contributed by atoms with Gasteiger partial charge in [-0.2, -0.15) is 0 Å². The van der Waals surface area contributed by atoms with Crippen LogP contribution in [-0.2, 0) is 6.54 Å². The van der Waals surface area contributed by atoms with Gasteiger partial charge < -0.3 is 15.8 Å². The maximum atomic E-state index is 8.65. The summed E-state index contributed by atoms with van der Waals surface area (Å²) in [5, 5.41) is 13.6. The van der Waals surface area contributed by atoms with Crippen LogP contribution in [0.2, 0.25) is 0 Å². The summed E-state index contributed by atoms with van der Waals surface area (Å²) in [4.78, 5) is 10.4. The molecule has 0 aliphatic heterocycles. The molecular formula is C11H13N5OS. The molecule has 2 heterocycles. The second-order valence-electron chi connectivity index (χ2n) is 3.72. The molecule has 0 saturated heterocycles. The van der Waals surface area contributed by atoms with Crippen LogP contribution in [0, 0.1) is 0 Å². The van der Waals surface area contributed by atoms with E-state index in [0.29, 0.717) is 12.1 Å². The third-order valence-corrected chi connectivity index (χ3v) is 3.06. The third-order valence-electron chi connectivity index (χ3n) is 2.42. The fourth-order valence-corrected chi connectivity index (χ4v) is 2.03. The van der Waals surface area contributed by atoms with Crippen LogP contribution in [0.3, 0.4) is 0 Å². The molecule has 0 aromatic carbocycles. The van der Waals surface area contributed by atoms with E-state index < -0.39 is 0 Å². The average molecular weight is 263 g/mol. The Bertz CT molecular complexity index is 540. The number of thiazole rings is 1. The van der Waals surface area contributed by atoms with Crippen LogP contribution >= 0.6 is 11.3 Å². The molecule has 0 atom stereocenters. The fourth-order valence-electron chi connectivity index (χ4n) is 1.48. The smallest absolute Gasteiger partial charge is 0.170 e. The number of hydrogen-bond donors (Lipinski definition) is 2. The van der Waals surface area contributed by atoms with Crippen molar-refractivity contribution in [2.45, 2.75) is 6.54 Å².